The third-order valence-electron chi connectivity index (χ3n) is 3.07. The molecule has 7 heteroatoms. The third kappa shape index (κ3) is 19.4. The molecule has 0 aromatic carbocycles. The van der Waals surface area contributed by atoms with Crippen molar-refractivity contribution in [3.63, 3.8) is 0 Å². The number of carboxylic acid groups (broad SMARTS) is 2. The predicted octanol–water partition coefficient (Wildman–Crippen LogP) is 1.60. The van der Waals surface area contributed by atoms with Crippen LogP contribution in [0.1, 0.15) is 40.5 Å². The number of aliphatic carboxylic acids is 2. The second-order valence-corrected chi connectivity index (χ2v) is 4.34. The summed E-state index contributed by atoms with van der Waals surface area (Å²) in [6, 6.07) is 0. The Morgan fingerprint density at radius 3 is 1.10 bits per heavy atom. The van der Waals surface area contributed by atoms with E-state index in [4.69, 9.17) is 10.2 Å². The van der Waals surface area contributed by atoms with E-state index in [0.717, 1.165) is 26.2 Å². The van der Waals surface area contributed by atoms with Gasteiger partial charge in [-0.15, -0.1) is 0 Å². The van der Waals surface area contributed by atoms with E-state index in [9.17, 15) is 9.59 Å². The van der Waals surface area contributed by atoms with Crippen LogP contribution in [-0.4, -0.2) is 71.2 Å². The molecule has 0 bridgehead atoms. The molecule has 21 heavy (non-hydrogen) atoms. The molecule has 0 heterocycles. The number of carboxylic acids is 2. The minimum atomic E-state index is -0.716. The standard InChI is InChI=1S/2C7H15NO2.Ni/c2*1-3-8(4-2)6-5-7(9)10;/h2*3-6H2,1-2H3,(H,9,10);/q;;+2. The number of nitrogens with zero attached hydrogens (tertiary/aromatic N) is 2. The van der Waals surface area contributed by atoms with Crippen LogP contribution in [-0.2, 0) is 26.1 Å². The first kappa shape index (κ1) is 25.3. The molecule has 0 aliphatic carbocycles. The molecule has 0 radical (unpaired) electrons. The van der Waals surface area contributed by atoms with Crippen molar-refractivity contribution in [1.29, 1.82) is 0 Å². The van der Waals surface area contributed by atoms with Crippen molar-refractivity contribution >= 4 is 11.9 Å². The van der Waals surface area contributed by atoms with E-state index >= 15 is 0 Å². The van der Waals surface area contributed by atoms with Crippen LogP contribution >= 0.6 is 0 Å². The first-order valence-electron chi connectivity index (χ1n) is 7.29. The molecular weight excluding hydrogens is 319 g/mol. The average Bonchev–Trinajstić information content (AvgIpc) is 2.41. The van der Waals surface area contributed by atoms with Gasteiger partial charge in [-0.05, 0) is 26.2 Å². The molecule has 2 N–H and O–H groups in total. The number of hydrogen-bond acceptors (Lipinski definition) is 4. The average molecular weight is 349 g/mol. The molecule has 0 aliphatic heterocycles. The Morgan fingerprint density at radius 2 is 0.952 bits per heavy atom. The summed E-state index contributed by atoms with van der Waals surface area (Å²) in [4.78, 5) is 24.4. The van der Waals surface area contributed by atoms with Gasteiger partial charge < -0.3 is 20.0 Å². The van der Waals surface area contributed by atoms with Gasteiger partial charge in [0.25, 0.3) is 0 Å². The van der Waals surface area contributed by atoms with Gasteiger partial charge in [0, 0.05) is 13.1 Å². The van der Waals surface area contributed by atoms with Crippen molar-refractivity contribution < 1.29 is 36.3 Å². The zero-order chi connectivity index (χ0) is 16.0. The van der Waals surface area contributed by atoms with Crippen LogP contribution in [0.4, 0.5) is 0 Å². The van der Waals surface area contributed by atoms with Crippen LogP contribution in [0.25, 0.3) is 0 Å². The smallest absolute Gasteiger partial charge is 0.481 e. The zero-order valence-electron chi connectivity index (χ0n) is 13.6. The summed E-state index contributed by atoms with van der Waals surface area (Å²) in [5.41, 5.74) is 0. The largest absolute Gasteiger partial charge is 2.00 e. The molecule has 0 fully saturated rings. The van der Waals surface area contributed by atoms with Gasteiger partial charge in [0.05, 0.1) is 12.8 Å². The summed E-state index contributed by atoms with van der Waals surface area (Å²) in [7, 11) is 0. The first-order valence-corrected chi connectivity index (χ1v) is 7.29. The zero-order valence-corrected chi connectivity index (χ0v) is 14.6. The molecule has 0 amide bonds. The maximum atomic E-state index is 10.1. The summed E-state index contributed by atoms with van der Waals surface area (Å²) < 4.78 is 0. The number of rotatable bonds is 10. The molecule has 0 atom stereocenters. The molecule has 0 aromatic rings. The molecule has 0 aliphatic rings. The molecule has 0 spiro atoms. The summed E-state index contributed by atoms with van der Waals surface area (Å²) >= 11 is 0. The Hall–Kier alpha value is -0.646. The third-order valence-corrected chi connectivity index (χ3v) is 3.07. The fraction of sp³-hybridized carbons (Fsp3) is 0.857. The van der Waals surface area contributed by atoms with Crippen LogP contribution in [0.5, 0.6) is 0 Å². The summed E-state index contributed by atoms with van der Waals surface area (Å²) in [5.74, 6) is -1.43. The molecule has 0 unspecified atom stereocenters. The van der Waals surface area contributed by atoms with Gasteiger partial charge in [-0.3, -0.25) is 9.59 Å². The molecule has 0 saturated carbocycles. The number of carbonyl (C=O) groups is 2. The first-order chi connectivity index (χ1) is 9.40. The molecule has 6 nitrogen and oxygen atoms in total. The van der Waals surface area contributed by atoms with E-state index in [-0.39, 0.29) is 29.3 Å². The van der Waals surface area contributed by atoms with Crippen molar-refractivity contribution in [3.8, 4) is 0 Å². The molecular formula is C14H30N2NiO4+2. The maximum absolute atomic E-state index is 10.1. The Bertz CT molecular complexity index is 231. The van der Waals surface area contributed by atoms with Crippen LogP contribution in [0.3, 0.4) is 0 Å². The normalized spacial score (nSPS) is 9.81. The molecule has 128 valence electrons. The topological polar surface area (TPSA) is 81.1 Å². The van der Waals surface area contributed by atoms with Crippen molar-refractivity contribution in [3.05, 3.63) is 0 Å². The van der Waals surface area contributed by atoms with Gasteiger partial charge in [0.2, 0.25) is 0 Å². The quantitative estimate of drug-likeness (QED) is 0.583. The van der Waals surface area contributed by atoms with Gasteiger partial charge in [-0.1, -0.05) is 27.7 Å². The van der Waals surface area contributed by atoms with Crippen LogP contribution in [0, 0.1) is 0 Å². The number of hydrogen-bond donors (Lipinski definition) is 2. The summed E-state index contributed by atoms with van der Waals surface area (Å²) in [6.07, 6.45) is 0.503. The van der Waals surface area contributed by atoms with Crippen molar-refractivity contribution in [2.75, 3.05) is 39.3 Å². The van der Waals surface area contributed by atoms with Crippen LogP contribution in [0.15, 0.2) is 0 Å². The van der Waals surface area contributed by atoms with Crippen LogP contribution < -0.4 is 0 Å². The minimum absolute atomic E-state index is 0. The van der Waals surface area contributed by atoms with Crippen molar-refractivity contribution in [1.82, 2.24) is 9.80 Å². The van der Waals surface area contributed by atoms with Crippen LogP contribution in [0.2, 0.25) is 0 Å². The van der Waals surface area contributed by atoms with Crippen molar-refractivity contribution in [2.45, 2.75) is 40.5 Å². The molecule has 0 rings (SSSR count). The Kier molecular flexibility index (Phi) is 21.0. The molecule has 0 saturated heterocycles. The minimum Gasteiger partial charge on any atom is -0.481 e. The molecule has 0 aromatic heterocycles. The van der Waals surface area contributed by atoms with Gasteiger partial charge in [-0.2, -0.15) is 0 Å². The SMILES string of the molecule is CCN(CC)CCC(=O)O.CCN(CC)CCC(=O)O.[Ni+2]. The fourth-order valence-corrected chi connectivity index (χ4v) is 1.59. The Labute approximate surface area is 138 Å². The van der Waals surface area contributed by atoms with E-state index in [1.54, 1.807) is 0 Å². The summed E-state index contributed by atoms with van der Waals surface area (Å²) in [5, 5.41) is 16.7. The van der Waals surface area contributed by atoms with Gasteiger partial charge in [0.15, 0.2) is 0 Å². The van der Waals surface area contributed by atoms with E-state index in [2.05, 4.69) is 9.80 Å². The van der Waals surface area contributed by atoms with E-state index in [1.807, 2.05) is 27.7 Å². The fourth-order valence-electron chi connectivity index (χ4n) is 1.59. The maximum Gasteiger partial charge on any atom is 2.00 e. The predicted molar refractivity (Wildman–Crippen MR) is 80.1 cm³/mol. The Balaban J connectivity index is -0.000000295. The van der Waals surface area contributed by atoms with E-state index < -0.39 is 11.9 Å². The second-order valence-electron chi connectivity index (χ2n) is 4.34. The van der Waals surface area contributed by atoms with Gasteiger partial charge in [-0.25, -0.2) is 0 Å². The monoisotopic (exact) mass is 348 g/mol. The van der Waals surface area contributed by atoms with Gasteiger partial charge in [0.1, 0.15) is 0 Å². The Morgan fingerprint density at radius 1 is 0.714 bits per heavy atom. The van der Waals surface area contributed by atoms with Crippen molar-refractivity contribution in [2.24, 2.45) is 0 Å². The van der Waals surface area contributed by atoms with E-state index in [0.29, 0.717) is 13.1 Å². The van der Waals surface area contributed by atoms with E-state index in [1.165, 1.54) is 0 Å². The summed E-state index contributed by atoms with van der Waals surface area (Å²) in [6.45, 7) is 13.2. The van der Waals surface area contributed by atoms with Gasteiger partial charge >= 0.3 is 28.4 Å². The second kappa shape index (κ2) is 17.4.